The molecule has 0 amide bonds. The second-order valence-electron chi connectivity index (χ2n) is 6.24. The monoisotopic (exact) mass is 354 g/mol. The fourth-order valence-electron chi connectivity index (χ4n) is 3.70. The van der Waals surface area contributed by atoms with Crippen molar-refractivity contribution in [1.29, 1.82) is 0 Å². The minimum atomic E-state index is -0.906. The number of H-pyrrole nitrogens is 2. The maximum absolute atomic E-state index is 12.6. The van der Waals surface area contributed by atoms with Gasteiger partial charge in [-0.1, -0.05) is 18.2 Å². The van der Waals surface area contributed by atoms with Crippen molar-refractivity contribution in [3.05, 3.63) is 77.6 Å². The molecule has 2 aromatic rings. The van der Waals surface area contributed by atoms with E-state index in [9.17, 15) is 24.5 Å². The maximum Gasteiger partial charge on any atom is 0.327 e. The van der Waals surface area contributed by atoms with Crippen molar-refractivity contribution in [1.82, 2.24) is 9.97 Å². The number of nitro groups is 1. The average Bonchev–Trinajstić information content (AvgIpc) is 2.60. The Morgan fingerprint density at radius 3 is 2.62 bits per heavy atom. The predicted octanol–water partition coefficient (Wildman–Crippen LogP) is 1.54. The maximum atomic E-state index is 12.6. The molecule has 9 nitrogen and oxygen atoms in total. The highest BCUT2D eigenvalue weighted by molar-refractivity contribution is 6.01. The molecule has 0 fully saturated rings. The van der Waals surface area contributed by atoms with Gasteiger partial charge in [-0.05, 0) is 12.8 Å². The first-order chi connectivity index (χ1) is 12.5. The van der Waals surface area contributed by atoms with Gasteiger partial charge >= 0.3 is 5.69 Å². The molecule has 2 aliphatic rings. The van der Waals surface area contributed by atoms with Gasteiger partial charge in [-0.3, -0.25) is 29.7 Å². The molecule has 0 saturated carbocycles. The van der Waals surface area contributed by atoms with Crippen LogP contribution in [-0.4, -0.2) is 20.7 Å². The van der Waals surface area contributed by atoms with Crippen molar-refractivity contribution in [2.24, 2.45) is 0 Å². The molecule has 0 radical (unpaired) electrons. The van der Waals surface area contributed by atoms with Gasteiger partial charge in [-0.2, -0.15) is 0 Å². The van der Waals surface area contributed by atoms with Crippen molar-refractivity contribution in [3.8, 4) is 0 Å². The molecule has 2 heterocycles. The molecule has 4 rings (SSSR count). The van der Waals surface area contributed by atoms with Crippen molar-refractivity contribution in [2.45, 2.75) is 25.2 Å². The van der Waals surface area contributed by atoms with Crippen molar-refractivity contribution >= 4 is 17.3 Å². The Morgan fingerprint density at radius 2 is 1.85 bits per heavy atom. The zero-order chi connectivity index (χ0) is 18.4. The van der Waals surface area contributed by atoms with Gasteiger partial charge in [-0.15, -0.1) is 0 Å². The van der Waals surface area contributed by atoms with E-state index in [2.05, 4.69) is 15.3 Å². The van der Waals surface area contributed by atoms with Crippen LogP contribution >= 0.6 is 0 Å². The molecule has 0 saturated heterocycles. The van der Waals surface area contributed by atoms with Gasteiger partial charge in [0.05, 0.1) is 16.4 Å². The Bertz CT molecular complexity index is 1090. The van der Waals surface area contributed by atoms with E-state index >= 15 is 0 Å². The van der Waals surface area contributed by atoms with Crippen LogP contribution in [0.25, 0.3) is 0 Å². The number of rotatable bonds is 2. The summed E-state index contributed by atoms with van der Waals surface area (Å²) in [4.78, 5) is 52.4. The quantitative estimate of drug-likeness (QED) is 0.552. The normalized spacial score (nSPS) is 18.8. The number of anilines is 1. The van der Waals surface area contributed by atoms with Gasteiger partial charge in [0.2, 0.25) is 0 Å². The highest BCUT2D eigenvalue weighted by atomic mass is 16.6. The summed E-state index contributed by atoms with van der Waals surface area (Å²) in [6.07, 6.45) is 1.51. The number of aromatic amines is 2. The first-order valence-electron chi connectivity index (χ1n) is 8.10. The molecule has 26 heavy (non-hydrogen) atoms. The third kappa shape index (κ3) is 2.36. The number of hydrogen-bond acceptors (Lipinski definition) is 6. The SMILES string of the molecule is O=C1CCCC2=C1[C@H](c1ccccc1[N+](=O)[O-])c1c([nH]c(=O)[nH]c1=O)N2. The van der Waals surface area contributed by atoms with Crippen LogP contribution in [0.1, 0.15) is 36.3 Å². The molecule has 0 spiro atoms. The van der Waals surface area contributed by atoms with Gasteiger partial charge in [0, 0.05) is 29.3 Å². The minimum Gasteiger partial charge on any atom is -0.344 e. The number of ketones is 1. The number of carbonyl (C=O) groups is 1. The molecule has 1 atom stereocenters. The summed E-state index contributed by atoms with van der Waals surface area (Å²) in [6, 6.07) is 6.02. The first kappa shape index (κ1) is 16.0. The van der Waals surface area contributed by atoms with Gasteiger partial charge in [0.25, 0.3) is 11.2 Å². The number of carbonyl (C=O) groups excluding carboxylic acids is 1. The number of nitrogens with one attached hydrogen (secondary N) is 3. The standard InChI is InChI=1S/C17H14N4O5/c22-11-7-3-5-9-13(11)12(8-4-1-2-6-10(8)21(25)26)14-15(18-9)19-17(24)20-16(14)23/h1-2,4,6,12H,3,5,7H2,(H3,18,19,20,23,24)/t12-/m0/s1. The van der Waals surface area contributed by atoms with Gasteiger partial charge in [-0.25, -0.2) is 4.79 Å². The molecule has 0 bridgehead atoms. The summed E-state index contributed by atoms with van der Waals surface area (Å²) in [5.41, 5.74) is -0.235. The summed E-state index contributed by atoms with van der Waals surface area (Å²) < 4.78 is 0. The largest absolute Gasteiger partial charge is 0.344 e. The van der Waals surface area contributed by atoms with Gasteiger partial charge in [0.1, 0.15) is 5.82 Å². The Hall–Kier alpha value is -3.49. The van der Waals surface area contributed by atoms with E-state index in [0.29, 0.717) is 30.5 Å². The lowest BCUT2D eigenvalue weighted by Gasteiger charge is -2.32. The first-order valence-corrected chi connectivity index (χ1v) is 8.10. The van der Waals surface area contributed by atoms with Gasteiger partial charge in [0.15, 0.2) is 5.78 Å². The molecule has 1 aromatic carbocycles. The molecule has 3 N–H and O–H groups in total. The average molecular weight is 354 g/mol. The van der Waals surface area contributed by atoms with Crippen LogP contribution in [0, 0.1) is 10.1 Å². The second kappa shape index (κ2) is 5.80. The number of aromatic nitrogens is 2. The van der Waals surface area contributed by atoms with Crippen LogP contribution in [0.15, 0.2) is 45.1 Å². The predicted molar refractivity (Wildman–Crippen MR) is 92.1 cm³/mol. The van der Waals surface area contributed by atoms with Crippen LogP contribution < -0.4 is 16.6 Å². The highest BCUT2D eigenvalue weighted by Crippen LogP contribution is 2.45. The smallest absolute Gasteiger partial charge is 0.327 e. The number of nitrogens with zero attached hydrogens (tertiary/aromatic N) is 1. The molecular weight excluding hydrogens is 340 g/mol. The lowest BCUT2D eigenvalue weighted by atomic mass is 9.76. The summed E-state index contributed by atoms with van der Waals surface area (Å²) in [6.45, 7) is 0. The number of Topliss-reactive ketones (excluding diaryl/α,β-unsaturated/α-hetero) is 1. The Kier molecular flexibility index (Phi) is 3.57. The van der Waals surface area contributed by atoms with E-state index in [0.717, 1.165) is 0 Å². The van der Waals surface area contributed by atoms with Crippen LogP contribution in [0.5, 0.6) is 0 Å². The molecule has 0 unspecified atom stereocenters. The molecule has 9 heteroatoms. The summed E-state index contributed by atoms with van der Waals surface area (Å²) in [5, 5.41) is 14.5. The molecular formula is C17H14N4O5. The highest BCUT2D eigenvalue weighted by Gasteiger charge is 2.40. The Morgan fingerprint density at radius 1 is 1.08 bits per heavy atom. The minimum absolute atomic E-state index is 0.105. The van der Waals surface area contributed by atoms with Crippen LogP contribution in [-0.2, 0) is 4.79 Å². The van der Waals surface area contributed by atoms with Gasteiger partial charge < -0.3 is 5.32 Å². The number of benzene rings is 1. The van der Waals surface area contributed by atoms with Crippen LogP contribution in [0.3, 0.4) is 0 Å². The Balaban J connectivity index is 2.07. The summed E-state index contributed by atoms with van der Waals surface area (Å²) in [5.74, 6) is -0.884. The van der Waals surface area contributed by atoms with Crippen molar-refractivity contribution < 1.29 is 9.72 Å². The van der Waals surface area contributed by atoms with E-state index in [1.165, 1.54) is 18.2 Å². The topological polar surface area (TPSA) is 138 Å². The fourth-order valence-corrected chi connectivity index (χ4v) is 3.70. The van der Waals surface area contributed by atoms with Crippen LogP contribution in [0.2, 0.25) is 0 Å². The van der Waals surface area contributed by atoms with E-state index in [1.54, 1.807) is 6.07 Å². The number of fused-ring (bicyclic) bond motifs is 1. The number of hydrogen-bond donors (Lipinski definition) is 3. The zero-order valence-electron chi connectivity index (χ0n) is 13.5. The molecule has 132 valence electrons. The van der Waals surface area contributed by atoms with Crippen LogP contribution in [0.4, 0.5) is 11.5 Å². The third-order valence-corrected chi connectivity index (χ3v) is 4.73. The number of allylic oxidation sites excluding steroid dienone is 2. The molecule has 1 aromatic heterocycles. The zero-order valence-corrected chi connectivity index (χ0v) is 13.5. The van der Waals surface area contributed by atoms with E-state index in [4.69, 9.17) is 0 Å². The third-order valence-electron chi connectivity index (χ3n) is 4.73. The van der Waals surface area contributed by atoms with Crippen molar-refractivity contribution in [3.63, 3.8) is 0 Å². The van der Waals surface area contributed by atoms with E-state index < -0.39 is 22.1 Å². The van der Waals surface area contributed by atoms with E-state index in [1.807, 2.05) is 0 Å². The summed E-state index contributed by atoms with van der Waals surface area (Å²) >= 11 is 0. The molecule has 1 aliphatic heterocycles. The fraction of sp³-hybridized carbons (Fsp3) is 0.235. The Labute approximate surface area is 145 Å². The van der Waals surface area contributed by atoms with E-state index in [-0.39, 0.29) is 28.4 Å². The van der Waals surface area contributed by atoms with Crippen molar-refractivity contribution in [2.75, 3.05) is 5.32 Å². The molecule has 1 aliphatic carbocycles. The summed E-state index contributed by atoms with van der Waals surface area (Å²) in [7, 11) is 0. The lowest BCUT2D eigenvalue weighted by Crippen LogP contribution is -2.36. The lowest BCUT2D eigenvalue weighted by molar-refractivity contribution is -0.385. The number of nitro benzene ring substituents is 1. The second-order valence-corrected chi connectivity index (χ2v) is 6.24. The number of para-hydroxylation sites is 1.